The van der Waals surface area contributed by atoms with Gasteiger partial charge >= 0.3 is 0 Å². The zero-order valence-electron chi connectivity index (χ0n) is 10.1. The maximum Gasteiger partial charge on any atom is 0.0208 e. The van der Waals surface area contributed by atoms with E-state index >= 15 is 0 Å². The second kappa shape index (κ2) is 4.98. The third kappa shape index (κ3) is 3.06. The van der Waals surface area contributed by atoms with Crippen molar-refractivity contribution in [2.75, 3.05) is 13.1 Å². The first-order chi connectivity index (χ1) is 7.73. The van der Waals surface area contributed by atoms with Crippen molar-refractivity contribution < 1.29 is 0 Å². The second-order valence-corrected chi connectivity index (χ2v) is 5.22. The average Bonchev–Trinajstić information content (AvgIpc) is 3.00. The summed E-state index contributed by atoms with van der Waals surface area (Å²) >= 11 is 0. The van der Waals surface area contributed by atoms with Crippen molar-refractivity contribution in [1.29, 1.82) is 0 Å². The standard InChI is InChI=1S/C14H22N2/c1-14(7-8-14)11-16-10-13-5-3-2-4-12(13)6-9-15/h2-5,16H,6-11,15H2,1H3. The molecule has 16 heavy (non-hydrogen) atoms. The van der Waals surface area contributed by atoms with Crippen LogP contribution in [0, 0.1) is 5.41 Å². The number of rotatable bonds is 6. The summed E-state index contributed by atoms with van der Waals surface area (Å²) in [5.74, 6) is 0. The largest absolute Gasteiger partial charge is 0.330 e. The highest BCUT2D eigenvalue weighted by atomic mass is 14.9. The second-order valence-electron chi connectivity index (χ2n) is 5.22. The molecule has 0 heterocycles. The Hall–Kier alpha value is -0.860. The first kappa shape index (κ1) is 11.6. The molecule has 0 radical (unpaired) electrons. The molecule has 1 aliphatic rings. The lowest BCUT2D eigenvalue weighted by Gasteiger charge is -2.12. The van der Waals surface area contributed by atoms with Crippen LogP contribution in [0.3, 0.4) is 0 Å². The number of nitrogens with one attached hydrogen (secondary N) is 1. The smallest absolute Gasteiger partial charge is 0.0208 e. The monoisotopic (exact) mass is 218 g/mol. The van der Waals surface area contributed by atoms with Gasteiger partial charge in [-0.05, 0) is 42.3 Å². The van der Waals surface area contributed by atoms with E-state index in [4.69, 9.17) is 5.73 Å². The Balaban J connectivity index is 1.87. The fraction of sp³-hybridized carbons (Fsp3) is 0.571. The lowest BCUT2D eigenvalue weighted by molar-refractivity contribution is 0.498. The van der Waals surface area contributed by atoms with E-state index in [-0.39, 0.29) is 0 Å². The van der Waals surface area contributed by atoms with E-state index in [1.54, 1.807) is 0 Å². The molecule has 3 N–H and O–H groups in total. The predicted molar refractivity (Wildman–Crippen MR) is 68.2 cm³/mol. The van der Waals surface area contributed by atoms with Gasteiger partial charge in [-0.1, -0.05) is 31.2 Å². The van der Waals surface area contributed by atoms with Gasteiger partial charge in [0.2, 0.25) is 0 Å². The number of hydrogen-bond acceptors (Lipinski definition) is 2. The predicted octanol–water partition coefficient (Wildman–Crippen LogP) is 2.08. The Morgan fingerprint density at radius 1 is 1.25 bits per heavy atom. The normalized spacial score (nSPS) is 17.4. The number of nitrogens with two attached hydrogens (primary N) is 1. The van der Waals surface area contributed by atoms with E-state index < -0.39 is 0 Å². The van der Waals surface area contributed by atoms with Crippen molar-refractivity contribution in [3.05, 3.63) is 35.4 Å². The van der Waals surface area contributed by atoms with Gasteiger partial charge in [-0.2, -0.15) is 0 Å². The summed E-state index contributed by atoms with van der Waals surface area (Å²) in [5.41, 5.74) is 8.99. The number of benzene rings is 1. The highest BCUT2D eigenvalue weighted by Gasteiger charge is 2.36. The Bertz CT molecular complexity index is 342. The van der Waals surface area contributed by atoms with E-state index in [2.05, 4.69) is 36.5 Å². The molecular weight excluding hydrogens is 196 g/mol. The number of hydrogen-bond donors (Lipinski definition) is 2. The minimum atomic E-state index is 0.586. The van der Waals surface area contributed by atoms with Crippen LogP contribution in [-0.2, 0) is 13.0 Å². The van der Waals surface area contributed by atoms with E-state index in [9.17, 15) is 0 Å². The van der Waals surface area contributed by atoms with Crippen LogP contribution >= 0.6 is 0 Å². The molecule has 0 aliphatic heterocycles. The molecule has 2 heteroatoms. The summed E-state index contributed by atoms with van der Waals surface area (Å²) in [6, 6.07) is 8.59. The molecule has 1 fully saturated rings. The highest BCUT2D eigenvalue weighted by molar-refractivity contribution is 5.27. The highest BCUT2D eigenvalue weighted by Crippen LogP contribution is 2.44. The van der Waals surface area contributed by atoms with E-state index in [1.807, 2.05) is 0 Å². The molecule has 0 atom stereocenters. The SMILES string of the molecule is CC1(CNCc2ccccc2CCN)CC1. The quantitative estimate of drug-likeness (QED) is 0.767. The maximum atomic E-state index is 5.62. The molecule has 0 unspecified atom stereocenters. The Morgan fingerprint density at radius 2 is 1.94 bits per heavy atom. The minimum Gasteiger partial charge on any atom is -0.330 e. The first-order valence-corrected chi connectivity index (χ1v) is 6.21. The molecule has 0 aromatic heterocycles. The Labute approximate surface area is 98.2 Å². The molecule has 0 amide bonds. The third-order valence-electron chi connectivity index (χ3n) is 3.50. The van der Waals surface area contributed by atoms with Gasteiger partial charge in [0.05, 0.1) is 0 Å². The summed E-state index contributed by atoms with van der Waals surface area (Å²) < 4.78 is 0. The van der Waals surface area contributed by atoms with Gasteiger partial charge in [0, 0.05) is 13.1 Å². The van der Waals surface area contributed by atoms with Crippen molar-refractivity contribution in [3.8, 4) is 0 Å². The van der Waals surface area contributed by atoms with Gasteiger partial charge in [-0.3, -0.25) is 0 Å². The van der Waals surface area contributed by atoms with Crippen LogP contribution in [-0.4, -0.2) is 13.1 Å². The van der Waals surface area contributed by atoms with Crippen LogP contribution in [0.2, 0.25) is 0 Å². The minimum absolute atomic E-state index is 0.586. The van der Waals surface area contributed by atoms with Crippen LogP contribution in [0.1, 0.15) is 30.9 Å². The van der Waals surface area contributed by atoms with E-state index in [0.29, 0.717) is 5.41 Å². The molecule has 0 saturated heterocycles. The van der Waals surface area contributed by atoms with Gasteiger partial charge < -0.3 is 11.1 Å². The summed E-state index contributed by atoms with van der Waals surface area (Å²) in [5, 5.41) is 3.56. The van der Waals surface area contributed by atoms with E-state index in [1.165, 1.54) is 24.0 Å². The molecule has 2 rings (SSSR count). The molecule has 0 bridgehead atoms. The summed E-state index contributed by atoms with van der Waals surface area (Å²) in [7, 11) is 0. The third-order valence-corrected chi connectivity index (χ3v) is 3.50. The first-order valence-electron chi connectivity index (χ1n) is 6.21. The van der Waals surface area contributed by atoms with Gasteiger partial charge in [0.1, 0.15) is 0 Å². The van der Waals surface area contributed by atoms with Gasteiger partial charge in [0.25, 0.3) is 0 Å². The van der Waals surface area contributed by atoms with Crippen molar-refractivity contribution in [3.63, 3.8) is 0 Å². The van der Waals surface area contributed by atoms with Crippen LogP contribution in [0.25, 0.3) is 0 Å². The Morgan fingerprint density at radius 3 is 2.56 bits per heavy atom. The lowest BCUT2D eigenvalue weighted by atomic mass is 10.0. The Kier molecular flexibility index (Phi) is 3.62. The molecular formula is C14H22N2. The molecule has 1 aromatic rings. The summed E-state index contributed by atoms with van der Waals surface area (Å²) in [4.78, 5) is 0. The van der Waals surface area contributed by atoms with Crippen molar-refractivity contribution in [2.45, 2.75) is 32.7 Å². The molecule has 1 aliphatic carbocycles. The lowest BCUT2D eigenvalue weighted by Crippen LogP contribution is -2.22. The molecule has 1 aromatic carbocycles. The van der Waals surface area contributed by atoms with Crippen LogP contribution in [0.15, 0.2) is 24.3 Å². The zero-order chi connectivity index (χ0) is 11.4. The van der Waals surface area contributed by atoms with E-state index in [0.717, 1.165) is 26.1 Å². The van der Waals surface area contributed by atoms with Crippen LogP contribution in [0.5, 0.6) is 0 Å². The van der Waals surface area contributed by atoms with Crippen molar-refractivity contribution in [2.24, 2.45) is 11.1 Å². The van der Waals surface area contributed by atoms with Crippen molar-refractivity contribution in [1.82, 2.24) is 5.32 Å². The molecule has 2 nitrogen and oxygen atoms in total. The van der Waals surface area contributed by atoms with Gasteiger partial charge in [-0.25, -0.2) is 0 Å². The maximum absolute atomic E-state index is 5.62. The summed E-state index contributed by atoms with van der Waals surface area (Å²) in [6.07, 6.45) is 3.74. The van der Waals surface area contributed by atoms with Gasteiger partial charge in [-0.15, -0.1) is 0 Å². The fourth-order valence-electron chi connectivity index (χ4n) is 2.02. The van der Waals surface area contributed by atoms with Crippen LogP contribution < -0.4 is 11.1 Å². The molecule has 0 spiro atoms. The van der Waals surface area contributed by atoms with Gasteiger partial charge in [0.15, 0.2) is 0 Å². The summed E-state index contributed by atoms with van der Waals surface area (Å²) in [6.45, 7) is 5.20. The van der Waals surface area contributed by atoms with Crippen molar-refractivity contribution >= 4 is 0 Å². The molecule has 88 valence electrons. The molecule has 1 saturated carbocycles. The topological polar surface area (TPSA) is 38.0 Å². The zero-order valence-corrected chi connectivity index (χ0v) is 10.1. The van der Waals surface area contributed by atoms with Crippen LogP contribution in [0.4, 0.5) is 0 Å². The average molecular weight is 218 g/mol. The fourth-order valence-corrected chi connectivity index (χ4v) is 2.02.